The molecule has 24 heavy (non-hydrogen) atoms. The fraction of sp³-hybridized carbons (Fsp3) is 1.00. The van der Waals surface area contributed by atoms with E-state index < -0.39 is 0 Å². The van der Waals surface area contributed by atoms with Crippen molar-refractivity contribution >= 4 is 23.5 Å². The molecule has 0 aromatic heterocycles. The van der Waals surface area contributed by atoms with E-state index in [0.717, 1.165) is 0 Å². The van der Waals surface area contributed by atoms with Gasteiger partial charge in [-0.1, -0.05) is 0 Å². The number of nitrogens with zero attached hydrogens (tertiary/aromatic N) is 4. The summed E-state index contributed by atoms with van der Waals surface area (Å²) >= 11 is 3.94. The van der Waals surface area contributed by atoms with Gasteiger partial charge in [-0.3, -0.25) is 0 Å². The molecule has 1 aliphatic heterocycles. The monoisotopic (exact) mass is 376 g/mol. The fourth-order valence-corrected chi connectivity index (χ4v) is 3.97. The van der Waals surface area contributed by atoms with Crippen LogP contribution < -0.4 is 0 Å². The van der Waals surface area contributed by atoms with Crippen LogP contribution in [0.4, 0.5) is 0 Å². The molecule has 0 aliphatic carbocycles. The van der Waals surface area contributed by atoms with E-state index in [2.05, 4.69) is 46.2 Å². The van der Waals surface area contributed by atoms with Gasteiger partial charge in [0, 0.05) is 50.8 Å². The Morgan fingerprint density at radius 3 is 1.42 bits per heavy atom. The number of rotatable bonds is 6. The third kappa shape index (κ3) is 11.2. The van der Waals surface area contributed by atoms with Crippen LogP contribution in [0.3, 0.4) is 0 Å². The molecular weight excluding hydrogens is 336 g/mol. The van der Waals surface area contributed by atoms with Crippen molar-refractivity contribution in [3.8, 4) is 0 Å². The highest BCUT2D eigenvalue weighted by molar-refractivity contribution is 7.98. The Hall–Kier alpha value is 0.540. The van der Waals surface area contributed by atoms with E-state index >= 15 is 0 Å². The van der Waals surface area contributed by atoms with Crippen molar-refractivity contribution in [1.29, 1.82) is 0 Å². The Labute approximate surface area is 159 Å². The fourth-order valence-electron chi connectivity index (χ4n) is 3.09. The summed E-state index contributed by atoms with van der Waals surface area (Å²) in [5.41, 5.74) is 0. The van der Waals surface area contributed by atoms with E-state index in [1.807, 2.05) is 23.5 Å². The smallest absolute Gasteiger partial charge is 0.0110 e. The summed E-state index contributed by atoms with van der Waals surface area (Å²) in [4.78, 5) is 10.4. The minimum absolute atomic E-state index is 1.20. The van der Waals surface area contributed by atoms with Crippen LogP contribution in [0, 0.1) is 0 Å². The summed E-state index contributed by atoms with van der Waals surface area (Å²) in [5.74, 6) is 2.51. The lowest BCUT2D eigenvalue weighted by molar-refractivity contribution is 0.186. The SMILES string of the molecule is CSCCN1CCCN(CCSC)CCN(C)CCCN(C)CC1. The number of likely N-dealkylation sites (N-methyl/N-ethyl adjacent to an activating group) is 2. The normalized spacial score (nSPS) is 22.5. The number of hydrogen-bond donors (Lipinski definition) is 0. The van der Waals surface area contributed by atoms with Crippen LogP contribution >= 0.6 is 23.5 Å². The maximum Gasteiger partial charge on any atom is 0.0110 e. The van der Waals surface area contributed by atoms with E-state index in [4.69, 9.17) is 0 Å². The van der Waals surface area contributed by atoms with Gasteiger partial charge in [0.05, 0.1) is 0 Å². The summed E-state index contributed by atoms with van der Waals surface area (Å²) in [6, 6.07) is 0. The molecule has 0 aromatic carbocycles. The minimum atomic E-state index is 1.20. The van der Waals surface area contributed by atoms with Gasteiger partial charge in [-0.25, -0.2) is 0 Å². The first-order valence-corrected chi connectivity index (χ1v) is 12.2. The zero-order chi connectivity index (χ0) is 17.6. The molecule has 0 bridgehead atoms. The lowest BCUT2D eigenvalue weighted by Crippen LogP contribution is -2.40. The summed E-state index contributed by atoms with van der Waals surface area (Å²) in [5, 5.41) is 0. The molecule has 0 saturated carbocycles. The quantitative estimate of drug-likeness (QED) is 0.698. The van der Waals surface area contributed by atoms with Gasteiger partial charge >= 0.3 is 0 Å². The molecular formula is C18H40N4S2. The van der Waals surface area contributed by atoms with Crippen LogP contribution in [0.25, 0.3) is 0 Å². The lowest BCUT2D eigenvalue weighted by atomic mass is 10.3. The van der Waals surface area contributed by atoms with Crippen molar-refractivity contribution in [2.45, 2.75) is 12.8 Å². The van der Waals surface area contributed by atoms with Crippen LogP contribution in [0.2, 0.25) is 0 Å². The molecule has 0 N–H and O–H groups in total. The van der Waals surface area contributed by atoms with E-state index in [1.165, 1.54) is 89.8 Å². The summed E-state index contributed by atoms with van der Waals surface area (Å²) in [6.45, 7) is 12.3. The van der Waals surface area contributed by atoms with Gasteiger partial charge in [0.1, 0.15) is 0 Å². The first-order valence-electron chi connectivity index (χ1n) is 9.45. The zero-order valence-electron chi connectivity index (χ0n) is 16.5. The van der Waals surface area contributed by atoms with E-state index in [1.54, 1.807) is 0 Å². The average Bonchev–Trinajstić information content (AvgIpc) is 2.57. The van der Waals surface area contributed by atoms with Crippen LogP contribution in [0.15, 0.2) is 0 Å². The third-order valence-corrected chi connectivity index (χ3v) is 6.03. The molecule has 0 aromatic rings. The standard InChI is InChI=1S/C18H40N4S2/c1-19-7-5-8-20(2)12-14-22(16-18-24-4)10-6-9-21(13-11-19)15-17-23-3/h5-18H2,1-4H3. The molecule has 0 unspecified atom stereocenters. The van der Waals surface area contributed by atoms with Crippen molar-refractivity contribution in [3.63, 3.8) is 0 Å². The second-order valence-corrected chi connectivity index (χ2v) is 8.95. The second-order valence-electron chi connectivity index (χ2n) is 6.98. The number of thioether (sulfide) groups is 2. The van der Waals surface area contributed by atoms with Crippen LogP contribution in [-0.4, -0.2) is 123 Å². The Morgan fingerprint density at radius 2 is 1.00 bits per heavy atom. The lowest BCUT2D eigenvalue weighted by Gasteiger charge is -2.29. The van der Waals surface area contributed by atoms with Crippen LogP contribution in [0.1, 0.15) is 12.8 Å². The molecule has 1 aliphatic rings. The Morgan fingerprint density at radius 1 is 0.583 bits per heavy atom. The summed E-state index contributed by atoms with van der Waals surface area (Å²) < 4.78 is 0. The van der Waals surface area contributed by atoms with E-state index in [-0.39, 0.29) is 0 Å². The maximum atomic E-state index is 2.68. The van der Waals surface area contributed by atoms with Crippen molar-refractivity contribution in [1.82, 2.24) is 19.6 Å². The second kappa shape index (κ2) is 14.7. The van der Waals surface area contributed by atoms with Gasteiger partial charge in [-0.05, 0) is 65.6 Å². The molecule has 1 heterocycles. The van der Waals surface area contributed by atoms with Crippen molar-refractivity contribution in [3.05, 3.63) is 0 Å². The molecule has 0 radical (unpaired) electrons. The minimum Gasteiger partial charge on any atom is -0.305 e. The van der Waals surface area contributed by atoms with Gasteiger partial charge in [0.25, 0.3) is 0 Å². The van der Waals surface area contributed by atoms with Crippen molar-refractivity contribution in [2.24, 2.45) is 0 Å². The van der Waals surface area contributed by atoms with Crippen molar-refractivity contribution in [2.75, 3.05) is 104 Å². The molecule has 6 heteroatoms. The molecule has 1 saturated heterocycles. The summed E-state index contributed by atoms with van der Waals surface area (Å²) in [7, 11) is 4.56. The van der Waals surface area contributed by atoms with Crippen LogP contribution in [0.5, 0.6) is 0 Å². The Balaban J connectivity index is 2.53. The predicted octanol–water partition coefficient (Wildman–Crippen LogP) is 1.97. The Bertz CT molecular complexity index is 268. The van der Waals surface area contributed by atoms with Gasteiger partial charge in [0.15, 0.2) is 0 Å². The molecule has 1 rings (SSSR count). The molecule has 144 valence electrons. The average molecular weight is 377 g/mol. The van der Waals surface area contributed by atoms with Crippen molar-refractivity contribution < 1.29 is 0 Å². The third-order valence-electron chi connectivity index (χ3n) is 4.85. The highest BCUT2D eigenvalue weighted by atomic mass is 32.2. The molecule has 0 spiro atoms. The van der Waals surface area contributed by atoms with E-state index in [0.29, 0.717) is 0 Å². The first kappa shape index (κ1) is 22.6. The highest BCUT2D eigenvalue weighted by Gasteiger charge is 2.11. The predicted molar refractivity (Wildman–Crippen MR) is 114 cm³/mol. The molecule has 0 amide bonds. The van der Waals surface area contributed by atoms with Gasteiger partial charge in [-0.2, -0.15) is 23.5 Å². The molecule has 1 fully saturated rings. The Kier molecular flexibility index (Phi) is 13.8. The molecule has 4 nitrogen and oxygen atoms in total. The molecule has 0 atom stereocenters. The van der Waals surface area contributed by atoms with Gasteiger partial charge in [-0.15, -0.1) is 0 Å². The van der Waals surface area contributed by atoms with Gasteiger partial charge < -0.3 is 19.6 Å². The van der Waals surface area contributed by atoms with E-state index in [9.17, 15) is 0 Å². The topological polar surface area (TPSA) is 13.0 Å². The highest BCUT2D eigenvalue weighted by Crippen LogP contribution is 2.03. The van der Waals surface area contributed by atoms with Crippen LogP contribution in [-0.2, 0) is 0 Å². The zero-order valence-corrected chi connectivity index (χ0v) is 18.1. The maximum absolute atomic E-state index is 2.68. The first-order chi connectivity index (χ1) is 11.7. The van der Waals surface area contributed by atoms with Gasteiger partial charge in [0.2, 0.25) is 0 Å². The number of hydrogen-bond acceptors (Lipinski definition) is 6. The summed E-state index contributed by atoms with van der Waals surface area (Å²) in [6.07, 6.45) is 7.02. The largest absolute Gasteiger partial charge is 0.305 e.